The summed E-state index contributed by atoms with van der Waals surface area (Å²) in [6.45, 7) is 0.793. The number of benzene rings is 2. The van der Waals surface area contributed by atoms with Crippen molar-refractivity contribution in [3.63, 3.8) is 0 Å². The van der Waals surface area contributed by atoms with Crippen LogP contribution in [0.5, 0.6) is 5.75 Å². The number of carboxylic acids is 1. The lowest BCUT2D eigenvalue weighted by Crippen LogP contribution is -2.49. The molecule has 0 aliphatic carbocycles. The van der Waals surface area contributed by atoms with Gasteiger partial charge in [0.1, 0.15) is 5.75 Å². The van der Waals surface area contributed by atoms with Crippen LogP contribution >= 0.6 is 0 Å². The molecule has 0 radical (unpaired) electrons. The quantitative estimate of drug-likeness (QED) is 0.327. The van der Waals surface area contributed by atoms with Gasteiger partial charge < -0.3 is 20.3 Å². The van der Waals surface area contributed by atoms with Crippen molar-refractivity contribution in [2.75, 3.05) is 6.61 Å². The Kier molecular flexibility index (Phi) is 7.36. The van der Waals surface area contributed by atoms with Gasteiger partial charge in [-0.05, 0) is 55.5 Å². The number of aliphatic hydroxyl groups excluding tert-OH is 1. The third-order valence-corrected chi connectivity index (χ3v) is 3.86. The average Bonchev–Trinajstić information content (AvgIpc) is 2.70. The summed E-state index contributed by atoms with van der Waals surface area (Å²) < 4.78 is 5.26. The Morgan fingerprint density at radius 3 is 2.10 bits per heavy atom. The summed E-state index contributed by atoms with van der Waals surface area (Å²) >= 11 is 0. The van der Waals surface area contributed by atoms with E-state index in [4.69, 9.17) is 9.84 Å². The molecule has 150 valence electrons. The first kappa shape index (κ1) is 21.5. The molecule has 3 N–H and O–H groups in total. The van der Waals surface area contributed by atoms with Crippen LogP contribution in [-0.2, 0) is 14.4 Å². The second kappa shape index (κ2) is 9.93. The monoisotopic (exact) mass is 398 g/mol. The van der Waals surface area contributed by atoms with Gasteiger partial charge in [0.25, 0.3) is 5.91 Å². The van der Waals surface area contributed by atoms with E-state index in [0.717, 1.165) is 0 Å². The maximum Gasteiger partial charge on any atom is 0.328 e. The highest BCUT2D eigenvalue weighted by atomic mass is 16.5. The number of aliphatic hydroxyl groups is 1. The number of carbonyl (C=O) groups excluding carboxylic acids is 3. The normalized spacial score (nSPS) is 12.2. The molecule has 2 unspecified atom stereocenters. The van der Waals surface area contributed by atoms with Crippen LogP contribution in [0.15, 0.2) is 53.5 Å². The third-order valence-electron chi connectivity index (χ3n) is 3.86. The van der Waals surface area contributed by atoms with E-state index in [1.165, 1.54) is 61.5 Å². The largest absolute Gasteiger partial charge is 0.484 e. The van der Waals surface area contributed by atoms with Gasteiger partial charge in [-0.3, -0.25) is 9.59 Å². The van der Waals surface area contributed by atoms with E-state index < -0.39 is 30.6 Å². The number of ketones is 1. The van der Waals surface area contributed by atoms with E-state index in [1.54, 1.807) is 0 Å². The molecule has 0 heterocycles. The van der Waals surface area contributed by atoms with Crippen LogP contribution in [0.3, 0.4) is 0 Å². The number of nitrogens with zero attached hydrogens (tertiary/aromatic N) is 1. The molecule has 0 aromatic heterocycles. The van der Waals surface area contributed by atoms with Crippen molar-refractivity contribution in [1.82, 2.24) is 5.32 Å². The van der Waals surface area contributed by atoms with Crippen molar-refractivity contribution in [1.29, 1.82) is 0 Å². The van der Waals surface area contributed by atoms with Gasteiger partial charge in [0, 0.05) is 11.1 Å². The number of rotatable bonds is 9. The first-order valence-corrected chi connectivity index (χ1v) is 8.47. The molecule has 0 saturated carbocycles. The molecule has 9 heteroatoms. The second-order valence-electron chi connectivity index (χ2n) is 6.02. The molecule has 2 aromatic carbocycles. The molecule has 2 rings (SSSR count). The summed E-state index contributed by atoms with van der Waals surface area (Å²) in [5.41, 5.74) is 1.17. The number of isocyanates is 1. The fourth-order valence-corrected chi connectivity index (χ4v) is 2.36. The van der Waals surface area contributed by atoms with Crippen molar-refractivity contribution < 1.29 is 34.1 Å². The predicted molar refractivity (Wildman–Crippen MR) is 101 cm³/mol. The average molecular weight is 398 g/mol. The maximum atomic E-state index is 12.4. The summed E-state index contributed by atoms with van der Waals surface area (Å²) in [6, 6.07) is 10.7. The highest BCUT2D eigenvalue weighted by Crippen LogP contribution is 2.18. The molecule has 29 heavy (non-hydrogen) atoms. The molecule has 1 amide bonds. The summed E-state index contributed by atoms with van der Waals surface area (Å²) in [6.07, 6.45) is 0.155. The zero-order valence-electron chi connectivity index (χ0n) is 15.4. The molecule has 0 aliphatic heterocycles. The van der Waals surface area contributed by atoms with Crippen LogP contribution in [0.1, 0.15) is 22.8 Å². The maximum absolute atomic E-state index is 12.4. The van der Waals surface area contributed by atoms with Crippen LogP contribution in [0.2, 0.25) is 0 Å². The minimum Gasteiger partial charge on any atom is -0.484 e. The van der Waals surface area contributed by atoms with Crippen LogP contribution in [0, 0.1) is 0 Å². The fraction of sp³-hybridized carbons (Fsp3) is 0.200. The number of aliphatic imine (C=N–C) groups is 1. The van der Waals surface area contributed by atoms with Gasteiger partial charge in [0.15, 0.2) is 18.4 Å². The summed E-state index contributed by atoms with van der Waals surface area (Å²) in [5, 5.41) is 20.4. The molecule has 0 fully saturated rings. The number of carboxylic acid groups (broad SMARTS) is 1. The Morgan fingerprint density at radius 2 is 1.62 bits per heavy atom. The number of ether oxygens (including phenoxy) is 1. The van der Waals surface area contributed by atoms with E-state index in [1.807, 2.05) is 0 Å². The van der Waals surface area contributed by atoms with Crippen molar-refractivity contribution >= 4 is 29.4 Å². The molecular formula is C20H18N2O7. The third kappa shape index (κ3) is 6.10. The van der Waals surface area contributed by atoms with E-state index in [-0.39, 0.29) is 5.78 Å². The van der Waals surface area contributed by atoms with Crippen molar-refractivity contribution in [2.24, 2.45) is 4.99 Å². The highest BCUT2D eigenvalue weighted by Gasteiger charge is 2.25. The zero-order chi connectivity index (χ0) is 21.4. The van der Waals surface area contributed by atoms with Crippen molar-refractivity contribution in [3.8, 4) is 5.75 Å². The Labute approximate surface area is 165 Å². The lowest BCUT2D eigenvalue weighted by atomic mass is 10.0. The van der Waals surface area contributed by atoms with E-state index in [0.29, 0.717) is 22.6 Å². The molecular weight excluding hydrogens is 380 g/mol. The molecule has 0 saturated heterocycles. The SMILES string of the molecule is CC(O)C(NC(=O)COc1ccc(C(=O)c2ccc(N=C=O)cc2)cc1)C(=O)O. The molecule has 2 atom stereocenters. The van der Waals surface area contributed by atoms with Gasteiger partial charge in [0.05, 0.1) is 11.8 Å². The lowest BCUT2D eigenvalue weighted by molar-refractivity contribution is -0.145. The zero-order valence-corrected chi connectivity index (χ0v) is 15.4. The van der Waals surface area contributed by atoms with Crippen LogP contribution in [0.25, 0.3) is 0 Å². The van der Waals surface area contributed by atoms with Crippen LogP contribution in [0.4, 0.5) is 5.69 Å². The van der Waals surface area contributed by atoms with Gasteiger partial charge >= 0.3 is 5.97 Å². The van der Waals surface area contributed by atoms with Crippen molar-refractivity contribution in [3.05, 3.63) is 59.7 Å². The number of aliphatic carboxylic acids is 1. The molecule has 0 aliphatic rings. The fourth-order valence-electron chi connectivity index (χ4n) is 2.36. The Bertz CT molecular complexity index is 930. The van der Waals surface area contributed by atoms with E-state index in [2.05, 4.69) is 10.3 Å². The van der Waals surface area contributed by atoms with Crippen LogP contribution in [-0.4, -0.2) is 52.7 Å². The van der Waals surface area contributed by atoms with Crippen LogP contribution < -0.4 is 10.1 Å². The van der Waals surface area contributed by atoms with Gasteiger partial charge in [0.2, 0.25) is 6.08 Å². The predicted octanol–water partition coefficient (Wildman–Crippen LogP) is 1.21. The topological polar surface area (TPSA) is 142 Å². The second-order valence-corrected chi connectivity index (χ2v) is 6.02. The first-order valence-electron chi connectivity index (χ1n) is 8.47. The Hall–Kier alpha value is -3.81. The molecule has 9 nitrogen and oxygen atoms in total. The molecule has 0 spiro atoms. The number of carbonyl (C=O) groups is 3. The summed E-state index contributed by atoms with van der Waals surface area (Å²) in [5.74, 6) is -2.02. The Balaban J connectivity index is 1.95. The smallest absolute Gasteiger partial charge is 0.328 e. The Morgan fingerprint density at radius 1 is 1.07 bits per heavy atom. The van der Waals surface area contributed by atoms with Gasteiger partial charge in [-0.1, -0.05) is 0 Å². The first-order chi connectivity index (χ1) is 13.8. The minimum absolute atomic E-state index is 0.253. The number of hydrogen-bond acceptors (Lipinski definition) is 7. The molecule has 0 bridgehead atoms. The van der Waals surface area contributed by atoms with Gasteiger partial charge in [-0.25, -0.2) is 9.59 Å². The van der Waals surface area contributed by atoms with E-state index >= 15 is 0 Å². The van der Waals surface area contributed by atoms with Gasteiger partial charge in [-0.2, -0.15) is 4.99 Å². The minimum atomic E-state index is -1.44. The standard InChI is InChI=1S/C20H18N2O7/c1-12(24)18(20(27)28)22-17(25)10-29-16-8-4-14(5-9-16)19(26)13-2-6-15(7-3-13)21-11-23/h2-9,12,18,24H,10H2,1H3,(H,22,25)(H,27,28). The highest BCUT2D eigenvalue weighted by molar-refractivity contribution is 6.09. The number of nitrogens with one attached hydrogen (secondary N) is 1. The number of amides is 1. The van der Waals surface area contributed by atoms with E-state index in [9.17, 15) is 24.3 Å². The molecule has 2 aromatic rings. The van der Waals surface area contributed by atoms with Gasteiger partial charge in [-0.15, -0.1) is 0 Å². The number of hydrogen-bond donors (Lipinski definition) is 3. The summed E-state index contributed by atoms with van der Waals surface area (Å²) in [7, 11) is 0. The summed E-state index contributed by atoms with van der Waals surface area (Å²) in [4.78, 5) is 48.8. The lowest BCUT2D eigenvalue weighted by Gasteiger charge is -2.17. The van der Waals surface area contributed by atoms with Crippen molar-refractivity contribution in [2.45, 2.75) is 19.1 Å².